The zero-order chi connectivity index (χ0) is 19.2. The van der Waals surface area contributed by atoms with Crippen molar-refractivity contribution >= 4 is 23.4 Å². The van der Waals surface area contributed by atoms with Crippen molar-refractivity contribution in [2.75, 3.05) is 18.2 Å². The third-order valence-corrected chi connectivity index (χ3v) is 5.01. The van der Waals surface area contributed by atoms with Crippen LogP contribution < -0.4 is 15.3 Å². The summed E-state index contributed by atoms with van der Waals surface area (Å²) >= 11 is 7.41. The van der Waals surface area contributed by atoms with E-state index in [1.165, 1.54) is 16.4 Å². The van der Waals surface area contributed by atoms with Crippen molar-refractivity contribution in [1.82, 2.24) is 14.9 Å². The molecule has 0 unspecified atom stereocenters. The summed E-state index contributed by atoms with van der Waals surface area (Å²) in [7, 11) is 0. The summed E-state index contributed by atoms with van der Waals surface area (Å²) in [6.07, 6.45) is 0. The van der Waals surface area contributed by atoms with Crippen LogP contribution in [-0.4, -0.2) is 27.2 Å². The van der Waals surface area contributed by atoms with Gasteiger partial charge in [-0.2, -0.15) is 0 Å². The molecule has 2 aromatic carbocycles. The Morgan fingerprint density at radius 1 is 1.07 bits per heavy atom. The first-order valence-corrected chi connectivity index (χ1v) is 9.80. The first kappa shape index (κ1) is 19.4. The van der Waals surface area contributed by atoms with Crippen molar-refractivity contribution in [3.8, 4) is 11.5 Å². The molecule has 2 N–H and O–H groups in total. The molecule has 1 aromatic heterocycles. The van der Waals surface area contributed by atoms with Gasteiger partial charge in [-0.05, 0) is 43.2 Å². The third-order valence-electron chi connectivity index (χ3n) is 3.87. The Labute approximate surface area is 167 Å². The van der Waals surface area contributed by atoms with Gasteiger partial charge in [0, 0.05) is 10.8 Å². The van der Waals surface area contributed by atoms with Gasteiger partial charge in [0.05, 0.1) is 6.61 Å². The van der Waals surface area contributed by atoms with E-state index < -0.39 is 0 Å². The number of halogens is 1. The number of rotatable bonds is 8. The number of ether oxygens (including phenoxy) is 2. The maximum Gasteiger partial charge on any atom is 0.210 e. The van der Waals surface area contributed by atoms with Crippen molar-refractivity contribution in [2.45, 2.75) is 25.6 Å². The highest BCUT2D eigenvalue weighted by molar-refractivity contribution is 7.99. The molecule has 0 fully saturated rings. The highest BCUT2D eigenvalue weighted by Gasteiger charge is 2.12. The predicted octanol–water partition coefficient (Wildman–Crippen LogP) is 4.01. The smallest absolute Gasteiger partial charge is 0.210 e. The Hall–Kier alpha value is -2.38. The summed E-state index contributed by atoms with van der Waals surface area (Å²) < 4.78 is 13.0. The van der Waals surface area contributed by atoms with Gasteiger partial charge in [-0.25, -0.2) is 4.68 Å². The average molecular weight is 405 g/mol. The van der Waals surface area contributed by atoms with E-state index >= 15 is 0 Å². The molecule has 0 aliphatic carbocycles. The van der Waals surface area contributed by atoms with E-state index in [1.54, 1.807) is 6.07 Å². The third kappa shape index (κ3) is 5.08. The summed E-state index contributed by atoms with van der Waals surface area (Å²) in [5, 5.41) is 9.51. The lowest BCUT2D eigenvalue weighted by Crippen LogP contribution is -2.16. The van der Waals surface area contributed by atoms with Crippen molar-refractivity contribution in [2.24, 2.45) is 0 Å². The van der Waals surface area contributed by atoms with E-state index in [9.17, 15) is 0 Å². The predicted molar refractivity (Wildman–Crippen MR) is 108 cm³/mol. The molecule has 0 aliphatic heterocycles. The summed E-state index contributed by atoms with van der Waals surface area (Å²) in [5.74, 6) is 8.92. The highest BCUT2D eigenvalue weighted by Crippen LogP contribution is 2.24. The molecule has 1 heterocycles. The van der Waals surface area contributed by atoms with Gasteiger partial charge >= 0.3 is 0 Å². The molecule has 6 nitrogen and oxygen atoms in total. The van der Waals surface area contributed by atoms with Crippen LogP contribution >= 0.6 is 23.4 Å². The Morgan fingerprint density at radius 2 is 1.81 bits per heavy atom. The van der Waals surface area contributed by atoms with Crippen LogP contribution in [0.5, 0.6) is 11.5 Å². The maximum atomic E-state index is 6.09. The summed E-state index contributed by atoms with van der Waals surface area (Å²) in [6, 6.07) is 13.3. The monoisotopic (exact) mass is 404 g/mol. The molecule has 0 spiro atoms. The van der Waals surface area contributed by atoms with Gasteiger partial charge in [-0.3, -0.25) is 0 Å². The SMILES string of the molecule is Cc1cccc(C)c1OCc1nnc(SCCOc2cccc(Cl)c2)n1N. The minimum absolute atomic E-state index is 0.259. The van der Waals surface area contributed by atoms with Gasteiger partial charge in [0.15, 0.2) is 5.82 Å². The van der Waals surface area contributed by atoms with Gasteiger partial charge < -0.3 is 15.3 Å². The lowest BCUT2D eigenvalue weighted by molar-refractivity contribution is 0.288. The first-order chi connectivity index (χ1) is 13.0. The molecule has 3 rings (SSSR count). The normalized spacial score (nSPS) is 10.8. The Kier molecular flexibility index (Phi) is 6.47. The van der Waals surface area contributed by atoms with E-state index in [-0.39, 0.29) is 6.61 Å². The number of hydrogen-bond donors (Lipinski definition) is 1. The van der Waals surface area contributed by atoms with Crippen LogP contribution in [0, 0.1) is 13.8 Å². The number of benzene rings is 2. The fraction of sp³-hybridized carbons (Fsp3) is 0.263. The molecule has 27 heavy (non-hydrogen) atoms. The molecule has 0 radical (unpaired) electrons. The van der Waals surface area contributed by atoms with E-state index in [1.807, 2.05) is 50.2 Å². The second-order valence-electron chi connectivity index (χ2n) is 5.93. The summed E-state index contributed by atoms with van der Waals surface area (Å²) in [5.41, 5.74) is 2.15. The minimum atomic E-state index is 0.259. The van der Waals surface area contributed by atoms with Crippen LogP contribution in [-0.2, 0) is 6.61 Å². The summed E-state index contributed by atoms with van der Waals surface area (Å²) in [4.78, 5) is 0. The number of aryl methyl sites for hydroxylation is 2. The molecule has 0 saturated carbocycles. The molecule has 0 saturated heterocycles. The van der Waals surface area contributed by atoms with Crippen molar-refractivity contribution in [3.63, 3.8) is 0 Å². The van der Waals surface area contributed by atoms with Gasteiger partial charge in [-0.1, -0.05) is 47.6 Å². The van der Waals surface area contributed by atoms with Gasteiger partial charge in [0.1, 0.15) is 18.1 Å². The molecule has 3 aromatic rings. The molecule has 142 valence electrons. The van der Waals surface area contributed by atoms with Crippen LogP contribution in [0.1, 0.15) is 17.0 Å². The van der Waals surface area contributed by atoms with Crippen molar-refractivity contribution in [1.29, 1.82) is 0 Å². The van der Waals surface area contributed by atoms with Crippen LogP contribution in [0.15, 0.2) is 47.6 Å². The molecular weight excluding hydrogens is 384 g/mol. The number of aromatic nitrogens is 3. The fourth-order valence-electron chi connectivity index (χ4n) is 2.52. The Morgan fingerprint density at radius 3 is 2.56 bits per heavy atom. The topological polar surface area (TPSA) is 75.2 Å². The molecule has 8 heteroatoms. The lowest BCUT2D eigenvalue weighted by atomic mass is 10.1. The van der Waals surface area contributed by atoms with Gasteiger partial charge in [0.25, 0.3) is 0 Å². The fourth-order valence-corrected chi connectivity index (χ4v) is 3.39. The highest BCUT2D eigenvalue weighted by atomic mass is 35.5. The zero-order valence-corrected chi connectivity index (χ0v) is 16.8. The van der Waals surface area contributed by atoms with E-state index in [4.69, 9.17) is 26.9 Å². The largest absolute Gasteiger partial charge is 0.493 e. The molecule has 0 bridgehead atoms. The second-order valence-corrected chi connectivity index (χ2v) is 7.43. The maximum absolute atomic E-state index is 6.09. The van der Waals surface area contributed by atoms with E-state index in [0.29, 0.717) is 28.4 Å². The number of nitrogen functional groups attached to an aromatic ring is 1. The number of nitrogens with two attached hydrogens (primary N) is 1. The first-order valence-electron chi connectivity index (χ1n) is 8.44. The lowest BCUT2D eigenvalue weighted by Gasteiger charge is -2.11. The van der Waals surface area contributed by atoms with Crippen molar-refractivity contribution in [3.05, 3.63) is 64.4 Å². The van der Waals surface area contributed by atoms with Crippen LogP contribution in [0.2, 0.25) is 5.02 Å². The number of hydrogen-bond acceptors (Lipinski definition) is 6. The Bertz CT molecular complexity index is 896. The average Bonchev–Trinajstić information content (AvgIpc) is 2.98. The van der Waals surface area contributed by atoms with Gasteiger partial charge in [0.2, 0.25) is 5.16 Å². The molecule has 0 amide bonds. The van der Waals surface area contributed by atoms with E-state index in [2.05, 4.69) is 10.2 Å². The standard InChI is InChI=1S/C19H21ClN4O2S/c1-13-5-3-6-14(2)18(13)26-12-17-22-23-19(24(17)21)27-10-9-25-16-8-4-7-15(20)11-16/h3-8,11H,9-10,12,21H2,1-2H3. The zero-order valence-electron chi connectivity index (χ0n) is 15.2. The molecular formula is C19H21ClN4O2S. The van der Waals surface area contributed by atoms with E-state index in [0.717, 1.165) is 22.6 Å². The molecule has 0 atom stereocenters. The second kappa shape index (κ2) is 9.01. The van der Waals surface area contributed by atoms with Crippen LogP contribution in [0.3, 0.4) is 0 Å². The Balaban J connectivity index is 1.51. The van der Waals surface area contributed by atoms with Gasteiger partial charge in [-0.15, -0.1) is 10.2 Å². The number of para-hydroxylation sites is 1. The molecule has 0 aliphatic rings. The number of nitrogens with zero attached hydrogens (tertiary/aromatic N) is 3. The number of thioether (sulfide) groups is 1. The summed E-state index contributed by atoms with van der Waals surface area (Å²) in [6.45, 7) is 4.79. The van der Waals surface area contributed by atoms with Crippen LogP contribution in [0.4, 0.5) is 0 Å². The quantitative estimate of drug-likeness (QED) is 0.347. The minimum Gasteiger partial charge on any atom is -0.493 e. The van der Waals surface area contributed by atoms with Crippen LogP contribution in [0.25, 0.3) is 0 Å². The van der Waals surface area contributed by atoms with Crippen molar-refractivity contribution < 1.29 is 9.47 Å².